The van der Waals surface area contributed by atoms with Gasteiger partial charge in [-0.2, -0.15) is 18.3 Å². The van der Waals surface area contributed by atoms with Crippen LogP contribution in [0.4, 0.5) is 29.5 Å². The van der Waals surface area contributed by atoms with Crippen molar-refractivity contribution in [3.8, 4) is 5.69 Å². The second-order valence-corrected chi connectivity index (χ2v) is 10.2. The number of ether oxygens (including phenoxy) is 1. The Hall–Kier alpha value is -3.86. The lowest BCUT2D eigenvalue weighted by molar-refractivity contribution is -0.137. The molecule has 3 aromatic rings. The second-order valence-electron chi connectivity index (χ2n) is 10.2. The first-order chi connectivity index (χ1) is 18.3. The Morgan fingerprint density at radius 3 is 2.31 bits per heavy atom. The molecule has 0 atom stereocenters. The lowest BCUT2D eigenvalue weighted by atomic mass is 9.92. The lowest BCUT2D eigenvalue weighted by Crippen LogP contribution is -2.42. The zero-order chi connectivity index (χ0) is 28.8. The third-order valence-electron chi connectivity index (χ3n) is 5.90. The normalized spacial score (nSPS) is 11.8. The summed E-state index contributed by atoms with van der Waals surface area (Å²) in [5.74, 6) is -0.117. The van der Waals surface area contributed by atoms with E-state index < -0.39 is 30.2 Å². The van der Waals surface area contributed by atoms with Crippen molar-refractivity contribution < 1.29 is 27.5 Å². The fourth-order valence-corrected chi connectivity index (χ4v) is 3.76. The van der Waals surface area contributed by atoms with E-state index >= 15 is 0 Å². The number of carbonyl (C=O) groups is 2. The van der Waals surface area contributed by atoms with Crippen molar-refractivity contribution in [3.63, 3.8) is 0 Å². The van der Waals surface area contributed by atoms with E-state index in [4.69, 9.17) is 4.74 Å². The average molecular weight is 546 g/mol. The number of halogens is 3. The first kappa shape index (κ1) is 29.7. The van der Waals surface area contributed by atoms with Crippen molar-refractivity contribution in [2.75, 3.05) is 37.4 Å². The molecule has 0 saturated carbocycles. The third kappa shape index (κ3) is 8.06. The van der Waals surface area contributed by atoms with Gasteiger partial charge in [0.15, 0.2) is 0 Å². The van der Waals surface area contributed by atoms with Crippen LogP contribution in [0.25, 0.3) is 5.69 Å². The monoisotopic (exact) mass is 545 g/mol. The predicted octanol–water partition coefficient (Wildman–Crippen LogP) is 6.01. The van der Waals surface area contributed by atoms with E-state index in [0.717, 1.165) is 27.9 Å². The molecule has 3 amide bonds. The summed E-state index contributed by atoms with van der Waals surface area (Å²) in [7, 11) is 1.50. The largest absolute Gasteiger partial charge is 0.418 e. The topological polar surface area (TPSA) is 88.5 Å². The molecule has 1 heterocycles. The zero-order valence-corrected chi connectivity index (χ0v) is 22.7. The van der Waals surface area contributed by atoms with E-state index in [1.165, 1.54) is 25.3 Å². The molecule has 39 heavy (non-hydrogen) atoms. The fourth-order valence-electron chi connectivity index (χ4n) is 3.76. The van der Waals surface area contributed by atoms with Crippen LogP contribution in [0.2, 0.25) is 0 Å². The summed E-state index contributed by atoms with van der Waals surface area (Å²) < 4.78 is 47.0. The van der Waals surface area contributed by atoms with Crippen LogP contribution < -0.4 is 10.6 Å². The van der Waals surface area contributed by atoms with Crippen LogP contribution in [-0.4, -0.2) is 53.4 Å². The van der Waals surface area contributed by atoms with Crippen molar-refractivity contribution >= 4 is 23.4 Å². The first-order valence-corrected chi connectivity index (χ1v) is 12.5. The Bertz CT molecular complexity index is 1280. The number of rotatable bonds is 9. The summed E-state index contributed by atoms with van der Waals surface area (Å²) in [6, 6.07) is 13.3. The maximum absolute atomic E-state index is 13.4. The van der Waals surface area contributed by atoms with E-state index in [0.29, 0.717) is 18.8 Å². The van der Waals surface area contributed by atoms with Gasteiger partial charge in [-0.05, 0) is 37.6 Å². The van der Waals surface area contributed by atoms with Crippen LogP contribution in [0.3, 0.4) is 0 Å². The molecule has 0 fully saturated rings. The van der Waals surface area contributed by atoms with Gasteiger partial charge in [-0.25, -0.2) is 9.48 Å². The molecule has 0 unspecified atom stereocenters. The number of hydrogen-bond acceptors (Lipinski definition) is 4. The molecule has 0 bridgehead atoms. The molecule has 0 radical (unpaired) electrons. The number of nitrogens with one attached hydrogen (secondary N) is 2. The Kier molecular flexibility index (Phi) is 9.39. The molecule has 0 aliphatic carbocycles. The van der Waals surface area contributed by atoms with Crippen molar-refractivity contribution in [3.05, 3.63) is 71.4 Å². The maximum atomic E-state index is 13.4. The van der Waals surface area contributed by atoms with E-state index in [1.807, 2.05) is 52.0 Å². The zero-order valence-electron chi connectivity index (χ0n) is 22.7. The number of hydrogen-bond donors (Lipinski definition) is 2. The van der Waals surface area contributed by atoms with Gasteiger partial charge in [-0.3, -0.25) is 4.79 Å². The number of urea groups is 1. The molecule has 2 aromatic carbocycles. The Labute approximate surface area is 226 Å². The van der Waals surface area contributed by atoms with Gasteiger partial charge in [0.05, 0.1) is 22.6 Å². The van der Waals surface area contributed by atoms with Gasteiger partial charge in [0.2, 0.25) is 5.91 Å². The SMILES string of the molecule is COCCCN(CC(=O)Nc1cc(C(C)(C)C)nn1-c1ccc(C)cc1)C(=O)Nc1ccccc1C(F)(F)F. The number of para-hydroxylation sites is 1. The molecule has 1 aromatic heterocycles. The van der Waals surface area contributed by atoms with Gasteiger partial charge in [0.25, 0.3) is 0 Å². The average Bonchev–Trinajstić information content (AvgIpc) is 3.28. The molecule has 0 saturated heterocycles. The molecule has 210 valence electrons. The van der Waals surface area contributed by atoms with E-state index in [2.05, 4.69) is 15.7 Å². The van der Waals surface area contributed by atoms with E-state index in [-0.39, 0.29) is 17.6 Å². The Balaban J connectivity index is 1.84. The Morgan fingerprint density at radius 1 is 1.03 bits per heavy atom. The highest BCUT2D eigenvalue weighted by molar-refractivity contribution is 5.97. The molecule has 0 aliphatic heterocycles. The molecule has 2 N–H and O–H groups in total. The summed E-state index contributed by atoms with van der Waals surface area (Å²) in [5, 5.41) is 9.81. The molecule has 11 heteroatoms. The molecule has 3 rings (SSSR count). The number of alkyl halides is 3. The van der Waals surface area contributed by atoms with Gasteiger partial charge < -0.3 is 20.3 Å². The minimum Gasteiger partial charge on any atom is -0.385 e. The van der Waals surface area contributed by atoms with Gasteiger partial charge in [0, 0.05) is 31.7 Å². The van der Waals surface area contributed by atoms with Crippen molar-refractivity contribution in [1.82, 2.24) is 14.7 Å². The quantitative estimate of drug-likeness (QED) is 0.323. The number of aryl methyl sites for hydroxylation is 1. The van der Waals surface area contributed by atoms with Crippen LogP contribution in [0, 0.1) is 6.92 Å². The molecule has 8 nitrogen and oxygen atoms in total. The van der Waals surface area contributed by atoms with Crippen molar-refractivity contribution in [2.24, 2.45) is 0 Å². The fraction of sp³-hybridized carbons (Fsp3) is 0.393. The summed E-state index contributed by atoms with van der Waals surface area (Å²) in [6.45, 7) is 7.97. The number of anilines is 2. The van der Waals surface area contributed by atoms with Gasteiger partial charge >= 0.3 is 12.2 Å². The molecule has 0 spiro atoms. The number of carbonyl (C=O) groups excluding carboxylic acids is 2. The second kappa shape index (κ2) is 12.3. The number of benzene rings is 2. The minimum atomic E-state index is -4.65. The smallest absolute Gasteiger partial charge is 0.385 e. The molecular weight excluding hydrogens is 511 g/mol. The number of methoxy groups -OCH3 is 1. The lowest BCUT2D eigenvalue weighted by Gasteiger charge is -2.23. The van der Waals surface area contributed by atoms with Crippen LogP contribution in [0.1, 0.15) is 44.0 Å². The number of nitrogens with zero attached hydrogens (tertiary/aromatic N) is 3. The van der Waals surface area contributed by atoms with Gasteiger partial charge in [-0.15, -0.1) is 0 Å². The number of aromatic nitrogens is 2. The summed E-state index contributed by atoms with van der Waals surface area (Å²) in [6.07, 6.45) is -4.27. The maximum Gasteiger partial charge on any atom is 0.418 e. The van der Waals surface area contributed by atoms with Crippen LogP contribution in [0.5, 0.6) is 0 Å². The first-order valence-electron chi connectivity index (χ1n) is 12.5. The van der Waals surface area contributed by atoms with Crippen molar-refractivity contribution in [1.29, 1.82) is 0 Å². The highest BCUT2D eigenvalue weighted by Crippen LogP contribution is 2.34. The minimum absolute atomic E-state index is 0.0890. The van der Waals surface area contributed by atoms with Gasteiger partial charge in [0.1, 0.15) is 12.4 Å². The number of amides is 3. The van der Waals surface area contributed by atoms with Gasteiger partial charge in [-0.1, -0.05) is 50.6 Å². The van der Waals surface area contributed by atoms with Crippen LogP contribution in [-0.2, 0) is 21.1 Å². The summed E-state index contributed by atoms with van der Waals surface area (Å²) >= 11 is 0. The van der Waals surface area contributed by atoms with Crippen LogP contribution in [0.15, 0.2) is 54.6 Å². The highest BCUT2D eigenvalue weighted by atomic mass is 19.4. The molecule has 0 aliphatic rings. The van der Waals surface area contributed by atoms with E-state index in [9.17, 15) is 22.8 Å². The summed E-state index contributed by atoms with van der Waals surface area (Å²) in [5.41, 5.74) is 0.891. The Morgan fingerprint density at radius 2 is 1.69 bits per heavy atom. The molecular formula is C28H34F3N5O3. The highest BCUT2D eigenvalue weighted by Gasteiger charge is 2.34. The third-order valence-corrected chi connectivity index (χ3v) is 5.90. The summed E-state index contributed by atoms with van der Waals surface area (Å²) in [4.78, 5) is 27.3. The standard InChI is InChI=1S/C28H34F3N5O3/c1-19-11-13-20(14-12-19)36-24(17-23(34-36)27(2,3)4)33-25(37)18-35(15-8-16-39-5)26(38)32-22-10-7-6-9-21(22)28(29,30)31/h6-7,9-14,17H,8,15-16,18H2,1-5H3,(H,32,38)(H,33,37). The van der Waals surface area contributed by atoms with Crippen LogP contribution >= 0.6 is 0 Å². The predicted molar refractivity (Wildman–Crippen MR) is 144 cm³/mol. The van der Waals surface area contributed by atoms with E-state index in [1.54, 1.807) is 10.7 Å². The van der Waals surface area contributed by atoms with Crippen molar-refractivity contribution in [2.45, 2.75) is 45.7 Å².